The summed E-state index contributed by atoms with van der Waals surface area (Å²) in [6.45, 7) is 2.00. The van der Waals surface area contributed by atoms with E-state index < -0.39 is 12.1 Å². The van der Waals surface area contributed by atoms with Crippen LogP contribution in [0.2, 0.25) is 0 Å². The summed E-state index contributed by atoms with van der Waals surface area (Å²) in [5.74, 6) is -0.583. The zero-order valence-corrected chi connectivity index (χ0v) is 7.50. The fraction of sp³-hybridized carbons (Fsp3) is 0.375. The molecule has 1 N–H and O–H groups in total. The van der Waals surface area contributed by atoms with E-state index >= 15 is 0 Å². The van der Waals surface area contributed by atoms with E-state index in [2.05, 4.69) is 4.74 Å². The van der Waals surface area contributed by atoms with Gasteiger partial charge in [-0.15, -0.1) is 11.3 Å². The van der Waals surface area contributed by atoms with Crippen LogP contribution >= 0.6 is 11.3 Å². The lowest BCUT2D eigenvalue weighted by molar-refractivity contribution is -0.153. The molecule has 1 rings (SSSR count). The summed E-state index contributed by atoms with van der Waals surface area (Å²) < 4.78 is 4.65. The third kappa shape index (κ3) is 2.06. The molecule has 0 aliphatic carbocycles. The maximum Gasteiger partial charge on any atom is 0.340 e. The smallest absolute Gasteiger partial charge is 0.340 e. The molecule has 1 aromatic heterocycles. The normalized spacial score (nSPS) is 12.5. The molecule has 0 spiro atoms. The summed E-state index contributed by atoms with van der Waals surface area (Å²) in [4.78, 5) is 11.6. The van der Waals surface area contributed by atoms with Gasteiger partial charge in [0.1, 0.15) is 0 Å². The molecule has 0 fully saturated rings. The minimum absolute atomic E-state index is 0.293. The van der Waals surface area contributed by atoms with Crippen molar-refractivity contribution in [3.05, 3.63) is 22.4 Å². The summed E-state index contributed by atoms with van der Waals surface area (Å²) in [7, 11) is 0. The highest BCUT2D eigenvalue weighted by Gasteiger charge is 2.18. The van der Waals surface area contributed by atoms with Crippen molar-refractivity contribution in [1.29, 1.82) is 0 Å². The van der Waals surface area contributed by atoms with Crippen LogP contribution in [0, 0.1) is 0 Å². The SMILES string of the molecule is CCOC(=O)[C@H](O)c1cccs1. The fourth-order valence-corrected chi connectivity index (χ4v) is 1.48. The number of carbonyl (C=O) groups excluding carboxylic acids is 1. The Bertz CT molecular complexity index is 243. The lowest BCUT2D eigenvalue weighted by atomic mass is 10.3. The van der Waals surface area contributed by atoms with Crippen LogP contribution in [0.3, 0.4) is 0 Å². The van der Waals surface area contributed by atoms with Gasteiger partial charge in [-0.1, -0.05) is 6.07 Å². The van der Waals surface area contributed by atoms with Gasteiger partial charge in [-0.3, -0.25) is 0 Å². The summed E-state index contributed by atoms with van der Waals surface area (Å²) in [5.41, 5.74) is 0. The number of rotatable bonds is 3. The van der Waals surface area contributed by atoms with Crippen LogP contribution in [0.5, 0.6) is 0 Å². The van der Waals surface area contributed by atoms with Crippen molar-refractivity contribution in [3.8, 4) is 0 Å². The number of hydrogen-bond donors (Lipinski definition) is 1. The molecule has 4 heteroatoms. The Kier molecular flexibility index (Phi) is 3.25. The minimum Gasteiger partial charge on any atom is -0.464 e. The molecule has 0 saturated carbocycles. The largest absolute Gasteiger partial charge is 0.464 e. The molecule has 0 bridgehead atoms. The molecule has 0 amide bonds. The van der Waals surface area contributed by atoms with Gasteiger partial charge in [0.05, 0.1) is 6.61 Å². The van der Waals surface area contributed by atoms with E-state index in [0.717, 1.165) is 0 Å². The molecule has 66 valence electrons. The highest BCUT2D eigenvalue weighted by molar-refractivity contribution is 7.10. The van der Waals surface area contributed by atoms with E-state index in [4.69, 9.17) is 0 Å². The first-order valence-electron chi connectivity index (χ1n) is 3.63. The van der Waals surface area contributed by atoms with Gasteiger partial charge in [-0.2, -0.15) is 0 Å². The molecule has 1 atom stereocenters. The standard InChI is InChI=1S/C8H10O3S/c1-2-11-8(10)7(9)6-4-3-5-12-6/h3-5,7,9H,2H2,1H3/t7-/m1/s1. The number of esters is 1. The van der Waals surface area contributed by atoms with Crippen LogP contribution in [0.25, 0.3) is 0 Å². The zero-order valence-electron chi connectivity index (χ0n) is 6.69. The van der Waals surface area contributed by atoms with E-state index in [1.807, 2.05) is 0 Å². The number of thiophene rings is 1. The Morgan fingerprint density at radius 1 is 1.83 bits per heavy atom. The Morgan fingerprint density at radius 2 is 2.58 bits per heavy atom. The number of hydrogen-bond acceptors (Lipinski definition) is 4. The van der Waals surface area contributed by atoms with E-state index in [0.29, 0.717) is 11.5 Å². The molecule has 1 heterocycles. The molecule has 1 aromatic rings. The van der Waals surface area contributed by atoms with Crippen LogP contribution in [0.15, 0.2) is 17.5 Å². The maximum atomic E-state index is 11.0. The minimum atomic E-state index is -1.12. The van der Waals surface area contributed by atoms with Gasteiger partial charge in [0, 0.05) is 4.88 Å². The molecular formula is C8H10O3S. The van der Waals surface area contributed by atoms with Gasteiger partial charge >= 0.3 is 5.97 Å². The Balaban J connectivity index is 2.59. The molecule has 0 aromatic carbocycles. The Labute approximate surface area is 74.6 Å². The second kappa shape index (κ2) is 4.23. The van der Waals surface area contributed by atoms with E-state index in [-0.39, 0.29) is 0 Å². The average Bonchev–Trinajstić information content (AvgIpc) is 2.55. The average molecular weight is 186 g/mol. The third-order valence-corrected chi connectivity index (χ3v) is 2.25. The van der Waals surface area contributed by atoms with Gasteiger partial charge in [0.2, 0.25) is 0 Å². The van der Waals surface area contributed by atoms with Crippen LogP contribution in [-0.2, 0) is 9.53 Å². The molecule has 0 aliphatic rings. The van der Waals surface area contributed by atoms with Gasteiger partial charge in [-0.05, 0) is 18.4 Å². The molecule has 0 radical (unpaired) electrons. The summed E-state index contributed by atoms with van der Waals surface area (Å²) in [6, 6.07) is 3.48. The topological polar surface area (TPSA) is 46.5 Å². The zero-order chi connectivity index (χ0) is 8.97. The van der Waals surface area contributed by atoms with Gasteiger partial charge < -0.3 is 9.84 Å². The lowest BCUT2D eigenvalue weighted by Crippen LogP contribution is -2.14. The van der Waals surface area contributed by atoms with Crippen molar-refractivity contribution in [2.24, 2.45) is 0 Å². The van der Waals surface area contributed by atoms with Crippen molar-refractivity contribution < 1.29 is 14.6 Å². The molecular weight excluding hydrogens is 176 g/mol. The fourth-order valence-electron chi connectivity index (χ4n) is 0.784. The summed E-state index contributed by atoms with van der Waals surface area (Å²) in [6.07, 6.45) is -1.12. The molecule has 0 saturated heterocycles. The van der Waals surface area contributed by atoms with Gasteiger partial charge in [0.25, 0.3) is 0 Å². The highest BCUT2D eigenvalue weighted by Crippen LogP contribution is 2.19. The summed E-state index contributed by atoms with van der Waals surface area (Å²) in [5, 5.41) is 11.1. The van der Waals surface area contributed by atoms with Gasteiger partial charge in [0.15, 0.2) is 6.10 Å². The lowest BCUT2D eigenvalue weighted by Gasteiger charge is -2.06. The van der Waals surface area contributed by atoms with Crippen LogP contribution < -0.4 is 0 Å². The molecule has 0 aliphatic heterocycles. The number of ether oxygens (including phenoxy) is 1. The Morgan fingerprint density at radius 3 is 3.08 bits per heavy atom. The molecule has 12 heavy (non-hydrogen) atoms. The predicted octanol–water partition coefficient (Wildman–Crippen LogP) is 1.34. The monoisotopic (exact) mass is 186 g/mol. The van der Waals surface area contributed by atoms with Crippen LogP contribution in [0.1, 0.15) is 17.9 Å². The van der Waals surface area contributed by atoms with E-state index in [1.165, 1.54) is 11.3 Å². The molecule has 0 unspecified atom stereocenters. The first-order valence-corrected chi connectivity index (χ1v) is 4.51. The third-order valence-electron chi connectivity index (χ3n) is 1.32. The number of aliphatic hydroxyl groups is 1. The second-order valence-electron chi connectivity index (χ2n) is 2.17. The van der Waals surface area contributed by atoms with Crippen molar-refractivity contribution in [2.45, 2.75) is 13.0 Å². The maximum absolute atomic E-state index is 11.0. The Hall–Kier alpha value is -0.870. The first-order chi connectivity index (χ1) is 5.75. The van der Waals surface area contributed by atoms with Crippen molar-refractivity contribution in [1.82, 2.24) is 0 Å². The molecule has 3 nitrogen and oxygen atoms in total. The van der Waals surface area contributed by atoms with Crippen LogP contribution in [0.4, 0.5) is 0 Å². The predicted molar refractivity (Wildman–Crippen MR) is 45.9 cm³/mol. The number of aliphatic hydroxyl groups excluding tert-OH is 1. The summed E-state index contributed by atoms with van der Waals surface area (Å²) >= 11 is 1.33. The van der Waals surface area contributed by atoms with Crippen molar-refractivity contribution in [3.63, 3.8) is 0 Å². The van der Waals surface area contributed by atoms with Crippen molar-refractivity contribution in [2.75, 3.05) is 6.61 Å². The highest BCUT2D eigenvalue weighted by atomic mass is 32.1. The van der Waals surface area contributed by atoms with Crippen LogP contribution in [-0.4, -0.2) is 17.7 Å². The first kappa shape index (κ1) is 9.22. The number of carbonyl (C=O) groups is 1. The van der Waals surface area contributed by atoms with E-state index in [1.54, 1.807) is 24.4 Å². The van der Waals surface area contributed by atoms with Crippen molar-refractivity contribution >= 4 is 17.3 Å². The quantitative estimate of drug-likeness (QED) is 0.725. The van der Waals surface area contributed by atoms with E-state index in [9.17, 15) is 9.90 Å². The second-order valence-corrected chi connectivity index (χ2v) is 3.15. The van der Waals surface area contributed by atoms with Gasteiger partial charge in [-0.25, -0.2) is 4.79 Å².